The Morgan fingerprint density at radius 2 is 2.24 bits per heavy atom. The van der Waals surface area contributed by atoms with Crippen LogP contribution in [-0.4, -0.2) is 63.5 Å². The molecule has 1 aromatic rings. The SMILES string of the molecule is CN1CN(CC(O)CO)C(=O)c2c1ncn2C. The zero-order valence-corrected chi connectivity index (χ0v) is 9.87. The summed E-state index contributed by atoms with van der Waals surface area (Å²) >= 11 is 0. The summed E-state index contributed by atoms with van der Waals surface area (Å²) in [5.74, 6) is 0.470. The Balaban J connectivity index is 2.26. The monoisotopic (exact) mass is 240 g/mol. The number of aromatic nitrogens is 2. The fourth-order valence-electron chi connectivity index (χ4n) is 1.93. The summed E-state index contributed by atoms with van der Waals surface area (Å²) in [7, 11) is 3.58. The number of hydrogen-bond donors (Lipinski definition) is 2. The van der Waals surface area contributed by atoms with Crippen LogP contribution < -0.4 is 4.90 Å². The van der Waals surface area contributed by atoms with Gasteiger partial charge in [-0.25, -0.2) is 4.98 Å². The number of aliphatic hydroxyl groups excluding tert-OH is 2. The minimum atomic E-state index is -0.915. The predicted molar refractivity (Wildman–Crippen MR) is 60.6 cm³/mol. The van der Waals surface area contributed by atoms with E-state index in [4.69, 9.17) is 5.11 Å². The lowest BCUT2D eigenvalue weighted by Gasteiger charge is -2.34. The number of aliphatic hydroxyl groups is 2. The van der Waals surface area contributed by atoms with Crippen LogP contribution in [0.2, 0.25) is 0 Å². The molecule has 1 unspecified atom stereocenters. The number of carbonyl (C=O) groups excluding carboxylic acids is 1. The fourth-order valence-corrected chi connectivity index (χ4v) is 1.93. The second kappa shape index (κ2) is 4.34. The quantitative estimate of drug-likeness (QED) is 0.680. The molecule has 1 aliphatic rings. The van der Waals surface area contributed by atoms with Crippen LogP contribution in [-0.2, 0) is 7.05 Å². The normalized spacial score (nSPS) is 17.3. The van der Waals surface area contributed by atoms with Gasteiger partial charge in [0.15, 0.2) is 11.5 Å². The largest absolute Gasteiger partial charge is 0.394 e. The molecule has 1 aromatic heterocycles. The van der Waals surface area contributed by atoms with Crippen LogP contribution in [0, 0.1) is 0 Å². The molecule has 7 nitrogen and oxygen atoms in total. The molecule has 0 saturated heterocycles. The van der Waals surface area contributed by atoms with E-state index < -0.39 is 6.10 Å². The Bertz CT molecular complexity index is 431. The first-order valence-corrected chi connectivity index (χ1v) is 5.35. The second-order valence-corrected chi connectivity index (χ2v) is 4.23. The van der Waals surface area contributed by atoms with Gasteiger partial charge in [-0.05, 0) is 0 Å². The Kier molecular flexibility index (Phi) is 3.03. The van der Waals surface area contributed by atoms with Crippen molar-refractivity contribution in [2.45, 2.75) is 6.10 Å². The number of hydrogen-bond acceptors (Lipinski definition) is 5. The molecule has 0 aliphatic carbocycles. The molecule has 2 heterocycles. The van der Waals surface area contributed by atoms with E-state index in [2.05, 4.69) is 4.98 Å². The fraction of sp³-hybridized carbons (Fsp3) is 0.600. The molecule has 1 amide bonds. The van der Waals surface area contributed by atoms with Crippen molar-refractivity contribution >= 4 is 11.7 Å². The molecule has 1 atom stereocenters. The zero-order valence-electron chi connectivity index (χ0n) is 9.87. The third-order valence-corrected chi connectivity index (χ3v) is 2.79. The molecule has 2 rings (SSSR count). The highest BCUT2D eigenvalue weighted by Gasteiger charge is 2.32. The van der Waals surface area contributed by atoms with Gasteiger partial charge < -0.3 is 24.6 Å². The third kappa shape index (κ3) is 1.98. The molecule has 0 spiro atoms. The molecular formula is C10H16N4O3. The molecule has 0 bridgehead atoms. The van der Waals surface area contributed by atoms with Gasteiger partial charge in [-0.2, -0.15) is 0 Å². The second-order valence-electron chi connectivity index (χ2n) is 4.23. The van der Waals surface area contributed by atoms with Gasteiger partial charge in [-0.3, -0.25) is 4.79 Å². The number of amides is 1. The first-order valence-electron chi connectivity index (χ1n) is 5.35. The minimum absolute atomic E-state index is 0.115. The maximum Gasteiger partial charge on any atom is 0.275 e. The molecule has 7 heteroatoms. The van der Waals surface area contributed by atoms with E-state index in [1.54, 1.807) is 17.9 Å². The Labute approximate surface area is 98.9 Å². The number of aryl methyl sites for hydroxylation is 1. The summed E-state index contributed by atoms with van der Waals surface area (Å²) in [6.45, 7) is 0.121. The first-order chi connectivity index (χ1) is 8.04. The lowest BCUT2D eigenvalue weighted by Crippen LogP contribution is -2.49. The zero-order chi connectivity index (χ0) is 12.6. The Hall–Kier alpha value is -1.60. The van der Waals surface area contributed by atoms with Crippen molar-refractivity contribution in [3.63, 3.8) is 0 Å². The van der Waals surface area contributed by atoms with Gasteiger partial charge in [-0.15, -0.1) is 0 Å². The predicted octanol–water partition coefficient (Wildman–Crippen LogP) is -1.38. The Morgan fingerprint density at radius 1 is 1.53 bits per heavy atom. The number of nitrogens with zero attached hydrogens (tertiary/aromatic N) is 4. The van der Waals surface area contributed by atoms with E-state index in [0.717, 1.165) is 0 Å². The lowest BCUT2D eigenvalue weighted by atomic mass is 10.2. The van der Waals surface area contributed by atoms with Gasteiger partial charge in [0, 0.05) is 14.1 Å². The summed E-state index contributed by atoms with van der Waals surface area (Å²) < 4.78 is 1.66. The van der Waals surface area contributed by atoms with E-state index >= 15 is 0 Å². The molecule has 0 fully saturated rings. The highest BCUT2D eigenvalue weighted by Crippen LogP contribution is 2.23. The Morgan fingerprint density at radius 3 is 2.88 bits per heavy atom. The highest BCUT2D eigenvalue weighted by molar-refractivity contribution is 5.99. The van der Waals surface area contributed by atoms with Crippen molar-refractivity contribution in [3.05, 3.63) is 12.0 Å². The standard InChI is InChI=1S/C10H16N4O3/c1-12-5-11-9-8(12)10(17)14(6-13(9)2)3-7(16)4-15/h5,7,15-16H,3-4,6H2,1-2H3. The van der Waals surface area contributed by atoms with E-state index in [1.165, 1.54) is 4.90 Å². The smallest absolute Gasteiger partial charge is 0.275 e. The first kappa shape index (κ1) is 11.9. The topological polar surface area (TPSA) is 81.8 Å². The number of anilines is 1. The average molecular weight is 240 g/mol. The number of rotatable bonds is 3. The van der Waals surface area contributed by atoms with E-state index in [1.807, 2.05) is 11.9 Å². The van der Waals surface area contributed by atoms with Gasteiger partial charge in [0.2, 0.25) is 0 Å². The van der Waals surface area contributed by atoms with Crippen molar-refractivity contribution in [3.8, 4) is 0 Å². The molecule has 1 aliphatic heterocycles. The number of carbonyl (C=O) groups is 1. The third-order valence-electron chi connectivity index (χ3n) is 2.79. The number of imidazole rings is 1. The summed E-state index contributed by atoms with van der Waals surface area (Å²) in [4.78, 5) is 19.6. The molecule has 94 valence electrons. The van der Waals surface area contributed by atoms with Crippen molar-refractivity contribution < 1.29 is 15.0 Å². The number of β-amino-alcohol motifs (C(OH)–C–C–N with tert-alkyl or cyclic N) is 1. The van der Waals surface area contributed by atoms with Gasteiger partial charge >= 0.3 is 0 Å². The van der Waals surface area contributed by atoms with Crippen LogP contribution in [0.15, 0.2) is 6.33 Å². The molecule has 2 N–H and O–H groups in total. The van der Waals surface area contributed by atoms with Crippen LogP contribution in [0.3, 0.4) is 0 Å². The maximum atomic E-state index is 12.1. The van der Waals surface area contributed by atoms with Crippen LogP contribution >= 0.6 is 0 Å². The van der Waals surface area contributed by atoms with E-state index in [9.17, 15) is 9.90 Å². The van der Waals surface area contributed by atoms with Crippen LogP contribution in [0.25, 0.3) is 0 Å². The molecule has 0 radical (unpaired) electrons. The van der Waals surface area contributed by atoms with Gasteiger partial charge in [0.05, 0.1) is 32.3 Å². The summed E-state index contributed by atoms with van der Waals surface area (Å²) in [6.07, 6.45) is 0.674. The number of fused-ring (bicyclic) bond motifs is 1. The minimum Gasteiger partial charge on any atom is -0.394 e. The van der Waals surface area contributed by atoms with Crippen molar-refractivity contribution in [1.82, 2.24) is 14.5 Å². The summed E-state index contributed by atoms with van der Waals surface area (Å²) in [5.41, 5.74) is 0.504. The van der Waals surface area contributed by atoms with Crippen molar-refractivity contribution in [1.29, 1.82) is 0 Å². The van der Waals surface area contributed by atoms with Crippen LogP contribution in [0.5, 0.6) is 0 Å². The van der Waals surface area contributed by atoms with Crippen molar-refractivity contribution in [2.75, 3.05) is 31.8 Å². The van der Waals surface area contributed by atoms with Gasteiger partial charge in [0.25, 0.3) is 5.91 Å². The van der Waals surface area contributed by atoms with Crippen LogP contribution in [0.4, 0.5) is 5.82 Å². The molecular weight excluding hydrogens is 224 g/mol. The van der Waals surface area contributed by atoms with E-state index in [0.29, 0.717) is 18.2 Å². The average Bonchev–Trinajstić information content (AvgIpc) is 2.68. The van der Waals surface area contributed by atoms with E-state index in [-0.39, 0.29) is 19.1 Å². The molecule has 0 aromatic carbocycles. The van der Waals surface area contributed by atoms with Gasteiger partial charge in [0.1, 0.15) is 0 Å². The molecule has 17 heavy (non-hydrogen) atoms. The van der Waals surface area contributed by atoms with Crippen LogP contribution in [0.1, 0.15) is 10.5 Å². The van der Waals surface area contributed by atoms with Gasteiger partial charge in [-0.1, -0.05) is 0 Å². The maximum absolute atomic E-state index is 12.1. The van der Waals surface area contributed by atoms with Crippen molar-refractivity contribution in [2.24, 2.45) is 7.05 Å². The lowest BCUT2D eigenvalue weighted by molar-refractivity contribution is 0.0442. The highest BCUT2D eigenvalue weighted by atomic mass is 16.3. The molecule has 0 saturated carbocycles. The summed E-state index contributed by atoms with van der Waals surface area (Å²) in [6, 6.07) is 0. The summed E-state index contributed by atoms with van der Waals surface area (Å²) in [5, 5.41) is 18.2.